The van der Waals surface area contributed by atoms with E-state index in [1.165, 1.54) is 20.0 Å². The number of piperidine rings is 1. The van der Waals surface area contributed by atoms with Crippen molar-refractivity contribution in [2.45, 2.75) is 53.0 Å². The van der Waals surface area contributed by atoms with Crippen LogP contribution in [0.3, 0.4) is 0 Å². The van der Waals surface area contributed by atoms with Crippen molar-refractivity contribution in [2.75, 3.05) is 33.3 Å². The van der Waals surface area contributed by atoms with Gasteiger partial charge in [-0.15, -0.1) is 0 Å². The van der Waals surface area contributed by atoms with E-state index < -0.39 is 5.54 Å². The Bertz CT molecular complexity index is 317. The van der Waals surface area contributed by atoms with Gasteiger partial charge in [0.2, 0.25) is 0 Å². The van der Waals surface area contributed by atoms with Crippen molar-refractivity contribution in [1.29, 1.82) is 0 Å². The van der Waals surface area contributed by atoms with Crippen molar-refractivity contribution in [3.05, 3.63) is 0 Å². The van der Waals surface area contributed by atoms with Crippen molar-refractivity contribution in [1.82, 2.24) is 10.2 Å². The van der Waals surface area contributed by atoms with Gasteiger partial charge in [0.05, 0.1) is 7.11 Å². The summed E-state index contributed by atoms with van der Waals surface area (Å²) in [6.07, 6.45) is 2.43. The first-order chi connectivity index (χ1) is 9.23. The van der Waals surface area contributed by atoms with E-state index in [0.29, 0.717) is 5.41 Å². The summed E-state index contributed by atoms with van der Waals surface area (Å²) in [5, 5.41) is 3.28. The number of likely N-dealkylation sites (tertiary alicyclic amines) is 1. The summed E-state index contributed by atoms with van der Waals surface area (Å²) in [6.45, 7) is 14.6. The molecule has 1 fully saturated rings. The number of ether oxygens (including phenoxy) is 1. The lowest BCUT2D eigenvalue weighted by Crippen LogP contribution is -2.58. The van der Waals surface area contributed by atoms with Gasteiger partial charge in [0.1, 0.15) is 5.54 Å². The lowest BCUT2D eigenvalue weighted by molar-refractivity contribution is -0.149. The number of carbonyl (C=O) groups is 1. The largest absolute Gasteiger partial charge is 0.468 e. The van der Waals surface area contributed by atoms with E-state index in [1.54, 1.807) is 0 Å². The molecule has 1 atom stereocenters. The number of esters is 1. The average Bonchev–Trinajstić information content (AvgIpc) is 2.37. The molecule has 0 aromatic rings. The standard InChI is InChI=1S/C16H32N2O2/c1-7-17-16(5,14(19)20-6)12-18-10-8-13(9-11-18)15(2,3)4/h13,17H,7-12H2,1-6H3. The highest BCUT2D eigenvalue weighted by Crippen LogP contribution is 2.34. The molecule has 0 spiro atoms. The van der Waals surface area contributed by atoms with Crippen molar-refractivity contribution < 1.29 is 9.53 Å². The zero-order valence-corrected chi connectivity index (χ0v) is 14.1. The van der Waals surface area contributed by atoms with Gasteiger partial charge in [0, 0.05) is 6.54 Å². The summed E-state index contributed by atoms with van der Waals surface area (Å²) >= 11 is 0. The third kappa shape index (κ3) is 4.45. The quantitative estimate of drug-likeness (QED) is 0.787. The lowest BCUT2D eigenvalue weighted by atomic mass is 9.75. The number of hydrogen-bond acceptors (Lipinski definition) is 4. The Balaban J connectivity index is 2.58. The van der Waals surface area contributed by atoms with Gasteiger partial charge in [0.25, 0.3) is 0 Å². The van der Waals surface area contributed by atoms with Gasteiger partial charge in [-0.2, -0.15) is 0 Å². The summed E-state index contributed by atoms with van der Waals surface area (Å²) < 4.78 is 4.96. The molecule has 0 amide bonds. The van der Waals surface area contributed by atoms with E-state index in [4.69, 9.17) is 4.74 Å². The summed E-state index contributed by atoms with van der Waals surface area (Å²) in [5.74, 6) is 0.611. The lowest BCUT2D eigenvalue weighted by Gasteiger charge is -2.41. The number of methoxy groups -OCH3 is 1. The normalized spacial score (nSPS) is 21.5. The van der Waals surface area contributed by atoms with Gasteiger partial charge in [0.15, 0.2) is 0 Å². The molecule has 1 unspecified atom stereocenters. The summed E-state index contributed by atoms with van der Waals surface area (Å²) in [5.41, 5.74) is -0.211. The molecule has 0 radical (unpaired) electrons. The average molecular weight is 284 g/mol. The summed E-state index contributed by atoms with van der Waals surface area (Å²) in [6, 6.07) is 0. The molecule has 1 heterocycles. The number of likely N-dealkylation sites (N-methyl/N-ethyl adjacent to an activating group) is 1. The second-order valence-corrected chi connectivity index (χ2v) is 7.27. The van der Waals surface area contributed by atoms with Gasteiger partial charge in [-0.1, -0.05) is 27.7 Å². The van der Waals surface area contributed by atoms with E-state index in [2.05, 4.69) is 31.0 Å². The first kappa shape index (κ1) is 17.4. The number of hydrogen-bond donors (Lipinski definition) is 1. The molecule has 0 aromatic carbocycles. The second kappa shape index (κ2) is 6.90. The van der Waals surface area contributed by atoms with Crippen LogP contribution in [-0.2, 0) is 9.53 Å². The molecule has 0 saturated carbocycles. The molecule has 1 aliphatic rings. The van der Waals surface area contributed by atoms with Crippen molar-refractivity contribution in [3.63, 3.8) is 0 Å². The highest BCUT2D eigenvalue weighted by molar-refractivity contribution is 5.80. The Morgan fingerprint density at radius 1 is 1.25 bits per heavy atom. The zero-order valence-electron chi connectivity index (χ0n) is 14.1. The monoisotopic (exact) mass is 284 g/mol. The van der Waals surface area contributed by atoms with Crippen molar-refractivity contribution in [3.8, 4) is 0 Å². The summed E-state index contributed by atoms with van der Waals surface area (Å²) in [4.78, 5) is 14.4. The Kier molecular flexibility index (Phi) is 6.02. The van der Waals surface area contributed by atoms with Crippen LogP contribution in [0, 0.1) is 11.3 Å². The van der Waals surface area contributed by atoms with Gasteiger partial charge in [-0.25, -0.2) is 0 Å². The third-order valence-electron chi connectivity index (χ3n) is 4.56. The topological polar surface area (TPSA) is 41.6 Å². The van der Waals surface area contributed by atoms with Crippen LogP contribution >= 0.6 is 0 Å². The molecule has 118 valence electrons. The van der Waals surface area contributed by atoms with E-state index in [1.807, 2.05) is 13.8 Å². The highest BCUT2D eigenvalue weighted by atomic mass is 16.5. The molecule has 0 bridgehead atoms. The van der Waals surface area contributed by atoms with Gasteiger partial charge in [-0.05, 0) is 50.7 Å². The Morgan fingerprint density at radius 3 is 2.20 bits per heavy atom. The molecule has 1 rings (SSSR count). The predicted octanol–water partition coefficient (Wildman–Crippen LogP) is 2.29. The maximum atomic E-state index is 12.0. The second-order valence-electron chi connectivity index (χ2n) is 7.27. The SMILES string of the molecule is CCNC(C)(CN1CCC(C(C)(C)C)CC1)C(=O)OC. The molecular formula is C16H32N2O2. The van der Waals surface area contributed by atoms with E-state index in [0.717, 1.165) is 32.1 Å². The van der Waals surface area contributed by atoms with Gasteiger partial charge >= 0.3 is 5.97 Å². The molecule has 1 aliphatic heterocycles. The Morgan fingerprint density at radius 2 is 1.80 bits per heavy atom. The van der Waals surface area contributed by atoms with Crippen LogP contribution in [0.2, 0.25) is 0 Å². The van der Waals surface area contributed by atoms with Crippen LogP contribution in [0.4, 0.5) is 0 Å². The van der Waals surface area contributed by atoms with E-state index in [9.17, 15) is 4.79 Å². The maximum Gasteiger partial charge on any atom is 0.327 e. The molecule has 1 N–H and O–H groups in total. The first-order valence-electron chi connectivity index (χ1n) is 7.78. The highest BCUT2D eigenvalue weighted by Gasteiger charge is 2.37. The number of carbonyl (C=O) groups excluding carboxylic acids is 1. The third-order valence-corrected chi connectivity index (χ3v) is 4.56. The van der Waals surface area contributed by atoms with Crippen LogP contribution < -0.4 is 5.32 Å². The fourth-order valence-corrected chi connectivity index (χ4v) is 3.21. The molecule has 4 nitrogen and oxygen atoms in total. The minimum Gasteiger partial charge on any atom is -0.468 e. The molecule has 4 heteroatoms. The zero-order chi connectivity index (χ0) is 15.4. The molecular weight excluding hydrogens is 252 g/mol. The Hall–Kier alpha value is -0.610. The van der Waals surface area contributed by atoms with Crippen molar-refractivity contribution >= 4 is 5.97 Å². The molecule has 0 aromatic heterocycles. The molecule has 0 aliphatic carbocycles. The summed E-state index contributed by atoms with van der Waals surface area (Å²) in [7, 11) is 1.46. The first-order valence-corrected chi connectivity index (χ1v) is 7.78. The van der Waals surface area contributed by atoms with E-state index >= 15 is 0 Å². The van der Waals surface area contributed by atoms with Crippen LogP contribution in [0.25, 0.3) is 0 Å². The minimum absolute atomic E-state index is 0.169. The fraction of sp³-hybridized carbons (Fsp3) is 0.938. The van der Waals surface area contributed by atoms with E-state index in [-0.39, 0.29) is 5.97 Å². The maximum absolute atomic E-state index is 12.0. The van der Waals surface area contributed by atoms with Crippen LogP contribution in [0.15, 0.2) is 0 Å². The van der Waals surface area contributed by atoms with Crippen LogP contribution in [0.1, 0.15) is 47.5 Å². The Labute approximate surface area is 124 Å². The van der Waals surface area contributed by atoms with Crippen molar-refractivity contribution in [2.24, 2.45) is 11.3 Å². The number of nitrogens with zero attached hydrogens (tertiary/aromatic N) is 1. The smallest absolute Gasteiger partial charge is 0.327 e. The molecule has 1 saturated heterocycles. The minimum atomic E-state index is -0.599. The van der Waals surface area contributed by atoms with Crippen LogP contribution in [-0.4, -0.2) is 49.7 Å². The fourth-order valence-electron chi connectivity index (χ4n) is 3.21. The predicted molar refractivity (Wildman–Crippen MR) is 82.7 cm³/mol. The van der Waals surface area contributed by atoms with Crippen LogP contribution in [0.5, 0.6) is 0 Å². The number of rotatable bonds is 5. The van der Waals surface area contributed by atoms with Gasteiger partial charge < -0.3 is 15.0 Å². The van der Waals surface area contributed by atoms with Gasteiger partial charge in [-0.3, -0.25) is 4.79 Å². The molecule has 20 heavy (non-hydrogen) atoms. The number of nitrogens with one attached hydrogen (secondary N) is 1.